The predicted molar refractivity (Wildman–Crippen MR) is 62.7 cm³/mol. The fraction of sp³-hybridized carbons (Fsp3) is 1.00. The van der Waals surface area contributed by atoms with Crippen LogP contribution in [0.2, 0.25) is 0 Å². The highest BCUT2D eigenvalue weighted by Gasteiger charge is 2.28. The molecule has 1 rings (SSSR count). The SMILES string of the molecule is IC1C[C@@H](I)[C@H](I)C1. The maximum Gasteiger partial charge on any atom is 0.0238 e. The fourth-order valence-corrected chi connectivity index (χ4v) is 5.74. The molecule has 0 bridgehead atoms. The lowest BCUT2D eigenvalue weighted by Gasteiger charge is -2.00. The van der Waals surface area contributed by atoms with E-state index >= 15 is 0 Å². The van der Waals surface area contributed by atoms with Gasteiger partial charge < -0.3 is 0 Å². The Kier molecular flexibility index (Phi) is 3.67. The smallest absolute Gasteiger partial charge is 0.0238 e. The molecular formula is C5H7I3. The third-order valence-electron chi connectivity index (χ3n) is 1.35. The van der Waals surface area contributed by atoms with E-state index in [1.165, 1.54) is 12.8 Å². The minimum absolute atomic E-state index is 0.940. The summed E-state index contributed by atoms with van der Waals surface area (Å²) in [5.74, 6) is 0. The van der Waals surface area contributed by atoms with Gasteiger partial charge in [-0.15, -0.1) is 0 Å². The zero-order valence-electron chi connectivity index (χ0n) is 4.28. The summed E-state index contributed by atoms with van der Waals surface area (Å²) in [5, 5.41) is 0. The standard InChI is InChI=1S/C5H7I3/c6-3-1-4(7)5(8)2-3/h3-5H,1-2H2/t4-,5-/m1/s1. The molecule has 0 saturated heterocycles. The lowest BCUT2D eigenvalue weighted by molar-refractivity contribution is 0.956. The summed E-state index contributed by atoms with van der Waals surface area (Å²) in [7, 11) is 0. The molecule has 0 N–H and O–H groups in total. The van der Waals surface area contributed by atoms with E-state index in [2.05, 4.69) is 67.8 Å². The van der Waals surface area contributed by atoms with Crippen LogP contribution < -0.4 is 0 Å². The van der Waals surface area contributed by atoms with Crippen molar-refractivity contribution in [1.82, 2.24) is 0 Å². The quantitative estimate of drug-likeness (QED) is 0.395. The summed E-state index contributed by atoms with van der Waals surface area (Å²) >= 11 is 7.67. The molecule has 48 valence electrons. The molecule has 0 radical (unpaired) electrons. The van der Waals surface area contributed by atoms with Crippen LogP contribution in [0.4, 0.5) is 0 Å². The normalized spacial score (nSPS) is 40.9. The van der Waals surface area contributed by atoms with Gasteiger partial charge in [0.2, 0.25) is 0 Å². The van der Waals surface area contributed by atoms with Crippen molar-refractivity contribution < 1.29 is 0 Å². The summed E-state index contributed by atoms with van der Waals surface area (Å²) in [5.41, 5.74) is 0. The van der Waals surface area contributed by atoms with Gasteiger partial charge in [-0.2, -0.15) is 0 Å². The number of rotatable bonds is 0. The van der Waals surface area contributed by atoms with Gasteiger partial charge in [-0.3, -0.25) is 0 Å². The fourth-order valence-electron chi connectivity index (χ4n) is 0.880. The van der Waals surface area contributed by atoms with E-state index in [0.29, 0.717) is 0 Å². The molecule has 0 aromatic heterocycles. The molecule has 0 aliphatic heterocycles. The van der Waals surface area contributed by atoms with Crippen LogP contribution in [0.5, 0.6) is 0 Å². The minimum Gasteiger partial charge on any atom is -0.0825 e. The molecule has 1 aliphatic carbocycles. The average molecular weight is 448 g/mol. The van der Waals surface area contributed by atoms with Crippen LogP contribution >= 0.6 is 67.8 Å². The zero-order chi connectivity index (χ0) is 6.15. The first kappa shape index (κ1) is 8.29. The molecule has 1 aliphatic rings. The third-order valence-corrected chi connectivity index (χ3v) is 6.50. The average Bonchev–Trinajstić information content (AvgIpc) is 1.85. The van der Waals surface area contributed by atoms with Gasteiger partial charge in [-0.1, -0.05) is 67.8 Å². The number of hydrogen-bond donors (Lipinski definition) is 0. The lowest BCUT2D eigenvalue weighted by Crippen LogP contribution is -2.01. The van der Waals surface area contributed by atoms with Gasteiger partial charge in [-0.25, -0.2) is 0 Å². The van der Waals surface area contributed by atoms with Crippen LogP contribution in [0.1, 0.15) is 12.8 Å². The van der Waals surface area contributed by atoms with E-state index in [9.17, 15) is 0 Å². The zero-order valence-corrected chi connectivity index (χ0v) is 10.8. The Morgan fingerprint density at radius 1 is 0.875 bits per heavy atom. The summed E-state index contributed by atoms with van der Waals surface area (Å²) in [6, 6.07) is 0. The molecule has 0 aromatic carbocycles. The largest absolute Gasteiger partial charge is 0.0825 e. The molecule has 2 atom stereocenters. The van der Waals surface area contributed by atoms with Gasteiger partial charge in [0, 0.05) is 11.8 Å². The van der Waals surface area contributed by atoms with Crippen LogP contribution in [-0.2, 0) is 0 Å². The Bertz CT molecular complexity index is 73.7. The van der Waals surface area contributed by atoms with Gasteiger partial charge in [0.1, 0.15) is 0 Å². The highest BCUT2D eigenvalue weighted by Crippen LogP contribution is 2.36. The van der Waals surface area contributed by atoms with Gasteiger partial charge in [0.05, 0.1) is 0 Å². The second kappa shape index (κ2) is 3.54. The second-order valence-electron chi connectivity index (χ2n) is 2.10. The van der Waals surface area contributed by atoms with Crippen molar-refractivity contribution in [1.29, 1.82) is 0 Å². The Hall–Kier alpha value is 2.19. The molecule has 1 saturated carbocycles. The highest BCUT2D eigenvalue weighted by atomic mass is 127. The Labute approximate surface area is 91.0 Å². The predicted octanol–water partition coefficient (Wildman–Crippen LogP) is 3.19. The molecule has 3 heteroatoms. The van der Waals surface area contributed by atoms with E-state index in [1.807, 2.05) is 0 Å². The molecule has 0 amide bonds. The van der Waals surface area contributed by atoms with Gasteiger partial charge in [0.25, 0.3) is 0 Å². The van der Waals surface area contributed by atoms with Crippen molar-refractivity contribution in [2.24, 2.45) is 0 Å². The Morgan fingerprint density at radius 3 is 1.38 bits per heavy atom. The maximum absolute atomic E-state index is 2.56. The summed E-state index contributed by atoms with van der Waals surface area (Å²) in [6.45, 7) is 0. The molecule has 0 aromatic rings. The first-order chi connectivity index (χ1) is 3.70. The Morgan fingerprint density at radius 2 is 1.25 bits per heavy atom. The first-order valence-corrected chi connectivity index (χ1v) is 6.36. The topological polar surface area (TPSA) is 0 Å². The van der Waals surface area contributed by atoms with E-state index in [1.54, 1.807) is 0 Å². The third kappa shape index (κ3) is 2.10. The summed E-state index contributed by atoms with van der Waals surface area (Å²) < 4.78 is 2.83. The van der Waals surface area contributed by atoms with Gasteiger partial charge in [0.15, 0.2) is 0 Å². The highest BCUT2D eigenvalue weighted by molar-refractivity contribution is 14.1. The summed E-state index contributed by atoms with van der Waals surface area (Å²) in [6.07, 6.45) is 2.85. The van der Waals surface area contributed by atoms with Crippen LogP contribution in [0.3, 0.4) is 0 Å². The maximum atomic E-state index is 2.56. The van der Waals surface area contributed by atoms with Crippen molar-refractivity contribution >= 4 is 67.8 Å². The monoisotopic (exact) mass is 448 g/mol. The van der Waals surface area contributed by atoms with E-state index in [0.717, 1.165) is 11.8 Å². The first-order valence-electron chi connectivity index (χ1n) is 2.62. The second-order valence-corrected chi connectivity index (χ2v) is 7.06. The minimum atomic E-state index is 0.940. The molecular weight excluding hydrogens is 441 g/mol. The van der Waals surface area contributed by atoms with Crippen molar-refractivity contribution in [3.63, 3.8) is 0 Å². The van der Waals surface area contributed by atoms with Crippen LogP contribution in [-0.4, -0.2) is 11.8 Å². The lowest BCUT2D eigenvalue weighted by atomic mass is 10.4. The van der Waals surface area contributed by atoms with E-state index in [-0.39, 0.29) is 0 Å². The van der Waals surface area contributed by atoms with Crippen LogP contribution in [0.25, 0.3) is 0 Å². The van der Waals surface area contributed by atoms with E-state index < -0.39 is 0 Å². The van der Waals surface area contributed by atoms with Gasteiger partial charge in [-0.05, 0) is 12.8 Å². The summed E-state index contributed by atoms with van der Waals surface area (Å²) in [4.78, 5) is 0. The van der Waals surface area contributed by atoms with Crippen molar-refractivity contribution in [3.05, 3.63) is 0 Å². The van der Waals surface area contributed by atoms with Crippen molar-refractivity contribution in [2.75, 3.05) is 0 Å². The van der Waals surface area contributed by atoms with Crippen LogP contribution in [0.15, 0.2) is 0 Å². The number of alkyl halides is 3. The van der Waals surface area contributed by atoms with Crippen molar-refractivity contribution in [2.45, 2.75) is 24.6 Å². The van der Waals surface area contributed by atoms with Crippen LogP contribution in [0, 0.1) is 0 Å². The molecule has 0 nitrogen and oxygen atoms in total. The number of halogens is 3. The molecule has 0 heterocycles. The molecule has 0 unspecified atom stereocenters. The van der Waals surface area contributed by atoms with Crippen molar-refractivity contribution in [3.8, 4) is 0 Å². The van der Waals surface area contributed by atoms with Gasteiger partial charge >= 0.3 is 0 Å². The number of hydrogen-bond acceptors (Lipinski definition) is 0. The molecule has 8 heavy (non-hydrogen) atoms. The molecule has 0 spiro atoms. The Balaban J connectivity index is 2.39. The van der Waals surface area contributed by atoms with E-state index in [4.69, 9.17) is 0 Å². The molecule has 1 fully saturated rings.